The fraction of sp³-hybridized carbons (Fsp3) is 0.800. The van der Waals surface area contributed by atoms with E-state index in [4.69, 9.17) is 10.8 Å². The van der Waals surface area contributed by atoms with Crippen molar-refractivity contribution in [1.29, 1.82) is 0 Å². The smallest absolute Gasteiger partial charge is 0.332 e. The fourth-order valence-electron chi connectivity index (χ4n) is 1.97. The Morgan fingerprint density at radius 1 is 1.31 bits per heavy atom. The molecule has 0 aromatic carbocycles. The number of nitrogens with two attached hydrogens (primary N) is 1. The van der Waals surface area contributed by atoms with Crippen LogP contribution in [0.4, 0.5) is 0 Å². The molecule has 6 nitrogen and oxygen atoms in total. The first-order valence-corrected chi connectivity index (χ1v) is 5.43. The van der Waals surface area contributed by atoms with Crippen LogP contribution in [0.2, 0.25) is 0 Å². The van der Waals surface area contributed by atoms with Crippen molar-refractivity contribution in [2.75, 3.05) is 6.61 Å². The number of carboxylic acid groups (broad SMARTS) is 1. The maximum Gasteiger partial charge on any atom is 0.332 e. The normalized spacial score (nSPS) is 19.1. The third kappa shape index (κ3) is 4.59. The Morgan fingerprint density at radius 3 is 2.50 bits per heavy atom. The molecule has 1 fully saturated rings. The summed E-state index contributed by atoms with van der Waals surface area (Å²) in [5.74, 6) is -1.48. The van der Waals surface area contributed by atoms with E-state index in [2.05, 4.69) is 10.3 Å². The summed E-state index contributed by atoms with van der Waals surface area (Å²) in [6.07, 6.45) is 5.10. The molecule has 92 valence electrons. The van der Waals surface area contributed by atoms with Gasteiger partial charge in [0.25, 0.3) is 0 Å². The topological polar surface area (TPSA) is 102 Å². The molecule has 4 N–H and O–H groups in total. The van der Waals surface area contributed by atoms with Gasteiger partial charge in [0.2, 0.25) is 5.91 Å². The highest BCUT2D eigenvalue weighted by atomic mass is 16.7. The Balaban J connectivity index is 2.24. The average molecular weight is 230 g/mol. The molecule has 1 aliphatic carbocycles. The van der Waals surface area contributed by atoms with Crippen molar-refractivity contribution >= 4 is 11.9 Å². The van der Waals surface area contributed by atoms with Gasteiger partial charge in [-0.15, -0.1) is 0 Å². The van der Waals surface area contributed by atoms with Crippen LogP contribution in [0, 0.1) is 0 Å². The quantitative estimate of drug-likeness (QED) is 0.584. The van der Waals surface area contributed by atoms with Crippen LogP contribution in [0.5, 0.6) is 0 Å². The van der Waals surface area contributed by atoms with Crippen molar-refractivity contribution in [3.05, 3.63) is 0 Å². The number of hydroxylamine groups is 1. The molecule has 0 saturated heterocycles. The maximum absolute atomic E-state index is 11.4. The van der Waals surface area contributed by atoms with E-state index in [-0.39, 0.29) is 12.3 Å². The number of amides is 1. The molecule has 0 spiro atoms. The van der Waals surface area contributed by atoms with Crippen LogP contribution >= 0.6 is 0 Å². The molecule has 0 unspecified atom stereocenters. The summed E-state index contributed by atoms with van der Waals surface area (Å²) in [7, 11) is 0. The molecule has 1 saturated carbocycles. The maximum atomic E-state index is 11.4. The summed E-state index contributed by atoms with van der Waals surface area (Å²) in [6.45, 7) is -0.538. The summed E-state index contributed by atoms with van der Waals surface area (Å²) in [5, 5.41) is 8.30. The molecule has 0 atom stereocenters. The van der Waals surface area contributed by atoms with Crippen molar-refractivity contribution in [2.24, 2.45) is 5.73 Å². The SMILES string of the molecule is NC1(CC(=O)NOCC(=O)O)CCCCC1. The average Bonchev–Trinajstić information content (AvgIpc) is 2.17. The fourth-order valence-corrected chi connectivity index (χ4v) is 1.97. The highest BCUT2D eigenvalue weighted by molar-refractivity contribution is 5.76. The molecular weight excluding hydrogens is 212 g/mol. The minimum absolute atomic E-state index is 0.187. The van der Waals surface area contributed by atoms with Gasteiger partial charge in [0, 0.05) is 12.0 Å². The summed E-state index contributed by atoms with van der Waals surface area (Å²) in [6, 6.07) is 0. The number of carbonyl (C=O) groups is 2. The minimum atomic E-state index is -1.12. The number of aliphatic carboxylic acids is 1. The molecule has 1 aliphatic rings. The lowest BCUT2D eigenvalue weighted by Crippen LogP contribution is -2.46. The zero-order chi connectivity index (χ0) is 12.0. The van der Waals surface area contributed by atoms with Crippen LogP contribution < -0.4 is 11.2 Å². The second kappa shape index (κ2) is 5.81. The van der Waals surface area contributed by atoms with Crippen molar-refractivity contribution in [2.45, 2.75) is 44.1 Å². The summed E-state index contributed by atoms with van der Waals surface area (Å²) >= 11 is 0. The van der Waals surface area contributed by atoms with Gasteiger partial charge in [0.1, 0.15) is 0 Å². The van der Waals surface area contributed by atoms with Gasteiger partial charge in [-0.05, 0) is 12.8 Å². The van der Waals surface area contributed by atoms with E-state index in [1.807, 2.05) is 0 Å². The molecule has 0 heterocycles. The number of rotatable bonds is 5. The van der Waals surface area contributed by atoms with Gasteiger partial charge in [-0.1, -0.05) is 19.3 Å². The summed E-state index contributed by atoms with van der Waals surface area (Å²) < 4.78 is 0. The molecular formula is C10H18N2O4. The van der Waals surface area contributed by atoms with Crippen molar-refractivity contribution in [1.82, 2.24) is 5.48 Å². The Hall–Kier alpha value is -1.14. The van der Waals surface area contributed by atoms with E-state index in [0.717, 1.165) is 32.1 Å². The van der Waals surface area contributed by atoms with Gasteiger partial charge in [0.05, 0.1) is 0 Å². The number of hydrogen-bond acceptors (Lipinski definition) is 4. The minimum Gasteiger partial charge on any atom is -0.479 e. The first-order valence-electron chi connectivity index (χ1n) is 5.43. The van der Waals surface area contributed by atoms with Gasteiger partial charge in [0.15, 0.2) is 6.61 Å². The van der Waals surface area contributed by atoms with Crippen molar-refractivity contribution in [3.63, 3.8) is 0 Å². The summed E-state index contributed by atoms with van der Waals surface area (Å²) in [5.41, 5.74) is 7.70. The molecule has 0 radical (unpaired) electrons. The highest BCUT2D eigenvalue weighted by Crippen LogP contribution is 2.28. The third-order valence-electron chi connectivity index (χ3n) is 2.74. The lowest BCUT2D eigenvalue weighted by molar-refractivity contribution is -0.149. The number of carbonyl (C=O) groups excluding carboxylic acids is 1. The monoisotopic (exact) mass is 230 g/mol. The molecule has 16 heavy (non-hydrogen) atoms. The van der Waals surface area contributed by atoms with Gasteiger partial charge in [-0.3, -0.25) is 9.63 Å². The predicted molar refractivity (Wildman–Crippen MR) is 56.4 cm³/mol. The second-order valence-electron chi connectivity index (χ2n) is 4.31. The second-order valence-corrected chi connectivity index (χ2v) is 4.31. The standard InChI is InChI=1S/C10H18N2O4/c11-10(4-2-1-3-5-10)6-8(13)12-16-7-9(14)15/h1-7,11H2,(H,12,13)(H,14,15). The van der Waals surface area contributed by atoms with Gasteiger partial charge >= 0.3 is 5.97 Å². The van der Waals surface area contributed by atoms with Gasteiger partial charge < -0.3 is 10.8 Å². The van der Waals surface area contributed by atoms with Crippen LogP contribution in [0.1, 0.15) is 38.5 Å². The van der Waals surface area contributed by atoms with E-state index in [1.165, 1.54) is 0 Å². The third-order valence-corrected chi connectivity index (χ3v) is 2.74. The summed E-state index contributed by atoms with van der Waals surface area (Å²) in [4.78, 5) is 26.0. The molecule has 0 aromatic heterocycles. The lowest BCUT2D eigenvalue weighted by Gasteiger charge is -2.32. The van der Waals surface area contributed by atoms with E-state index in [1.54, 1.807) is 0 Å². The van der Waals surface area contributed by atoms with Crippen molar-refractivity contribution < 1.29 is 19.5 Å². The zero-order valence-electron chi connectivity index (χ0n) is 9.20. The van der Waals surface area contributed by atoms with Crippen LogP contribution in [-0.2, 0) is 14.4 Å². The van der Waals surface area contributed by atoms with E-state index >= 15 is 0 Å². The van der Waals surface area contributed by atoms with Crippen LogP contribution in [0.15, 0.2) is 0 Å². The Morgan fingerprint density at radius 2 is 1.94 bits per heavy atom. The molecule has 0 bridgehead atoms. The Labute approximate surface area is 94.1 Å². The van der Waals surface area contributed by atoms with Gasteiger partial charge in [-0.2, -0.15) is 0 Å². The number of nitrogens with one attached hydrogen (secondary N) is 1. The van der Waals surface area contributed by atoms with Crippen LogP contribution in [-0.4, -0.2) is 29.1 Å². The lowest BCUT2D eigenvalue weighted by atomic mass is 9.80. The molecule has 1 rings (SSSR count). The molecule has 1 amide bonds. The van der Waals surface area contributed by atoms with Gasteiger partial charge in [-0.25, -0.2) is 10.3 Å². The first-order chi connectivity index (χ1) is 7.52. The van der Waals surface area contributed by atoms with Crippen LogP contribution in [0.25, 0.3) is 0 Å². The molecule has 6 heteroatoms. The van der Waals surface area contributed by atoms with Crippen molar-refractivity contribution in [3.8, 4) is 0 Å². The van der Waals surface area contributed by atoms with E-state index < -0.39 is 18.1 Å². The zero-order valence-corrected chi connectivity index (χ0v) is 9.20. The highest BCUT2D eigenvalue weighted by Gasteiger charge is 2.30. The van der Waals surface area contributed by atoms with Crippen LogP contribution in [0.3, 0.4) is 0 Å². The first kappa shape index (κ1) is 12.9. The molecule has 0 aromatic rings. The van der Waals surface area contributed by atoms with E-state index in [0.29, 0.717) is 0 Å². The number of hydrogen-bond donors (Lipinski definition) is 3. The predicted octanol–water partition coefficient (Wildman–Crippen LogP) is 0.170. The Kier molecular flexibility index (Phi) is 4.70. The van der Waals surface area contributed by atoms with E-state index in [9.17, 15) is 9.59 Å². The molecule has 0 aliphatic heterocycles. The Bertz CT molecular complexity index is 262. The number of carboxylic acids is 1. The largest absolute Gasteiger partial charge is 0.479 e.